The molecule has 0 aliphatic rings. The summed E-state index contributed by atoms with van der Waals surface area (Å²) in [4.78, 5) is 17.0. The van der Waals surface area contributed by atoms with Crippen molar-refractivity contribution in [3.05, 3.63) is 71.4 Å². The third-order valence-corrected chi connectivity index (χ3v) is 7.04. The number of benzene rings is 2. The van der Waals surface area contributed by atoms with Gasteiger partial charge in [0.2, 0.25) is 11.0 Å². The Labute approximate surface area is 191 Å². The van der Waals surface area contributed by atoms with E-state index in [1.54, 1.807) is 12.1 Å². The lowest BCUT2D eigenvalue weighted by molar-refractivity contribution is -0.115. The molecule has 6 nitrogen and oxygen atoms in total. The lowest BCUT2D eigenvalue weighted by Gasteiger charge is -2.07. The van der Waals surface area contributed by atoms with Crippen LogP contribution in [-0.2, 0) is 11.3 Å². The largest absolute Gasteiger partial charge is 0.356 e. The van der Waals surface area contributed by atoms with Crippen molar-refractivity contribution in [2.45, 2.75) is 23.1 Å². The van der Waals surface area contributed by atoms with Crippen LogP contribution in [0.5, 0.6) is 0 Å². The molecule has 0 fully saturated rings. The lowest BCUT2D eigenvalue weighted by Crippen LogP contribution is -2.22. The predicted molar refractivity (Wildman–Crippen MR) is 125 cm³/mol. The van der Waals surface area contributed by atoms with Gasteiger partial charge in [-0.2, -0.15) is 0 Å². The summed E-state index contributed by atoms with van der Waals surface area (Å²) in [5, 5.41) is 17.0. The molecule has 0 aliphatic heterocycles. The van der Waals surface area contributed by atoms with Crippen LogP contribution in [0.15, 0.2) is 64.3 Å². The van der Waals surface area contributed by atoms with Crippen LogP contribution in [0.25, 0.3) is 11.3 Å². The molecule has 1 unspecified atom stereocenters. The first-order chi connectivity index (χ1) is 15.1. The Morgan fingerprint density at radius 2 is 1.87 bits per heavy atom. The zero-order chi connectivity index (χ0) is 21.6. The highest BCUT2D eigenvalue weighted by Crippen LogP contribution is 2.30. The van der Waals surface area contributed by atoms with E-state index in [0.29, 0.717) is 21.1 Å². The number of amides is 1. The molecule has 2 N–H and O–H groups in total. The summed E-state index contributed by atoms with van der Waals surface area (Å²) in [5.41, 5.74) is 2.79. The number of carbonyl (C=O) groups excluding carboxylic acids is 1. The first kappa shape index (κ1) is 21.4. The van der Waals surface area contributed by atoms with Crippen LogP contribution in [0, 0.1) is 5.82 Å². The molecule has 2 aromatic carbocycles. The summed E-state index contributed by atoms with van der Waals surface area (Å²) in [5.74, 6) is -0.408. The second-order valence-electron chi connectivity index (χ2n) is 6.51. The van der Waals surface area contributed by atoms with Gasteiger partial charge in [-0.3, -0.25) is 4.79 Å². The van der Waals surface area contributed by atoms with Crippen molar-refractivity contribution in [3.63, 3.8) is 0 Å². The third-order valence-electron chi connectivity index (χ3n) is 4.21. The highest BCUT2D eigenvalue weighted by molar-refractivity contribution is 8.02. The number of hydrogen-bond donors (Lipinski definition) is 2. The molecule has 0 saturated carbocycles. The molecule has 0 radical (unpaired) electrons. The molecule has 1 amide bonds. The minimum Gasteiger partial charge on any atom is -0.356 e. The fourth-order valence-electron chi connectivity index (χ4n) is 2.59. The quantitative estimate of drug-likeness (QED) is 0.329. The first-order valence-electron chi connectivity index (χ1n) is 9.37. The maximum Gasteiger partial charge on any atom is 0.239 e. The molecule has 4 rings (SSSR count). The zero-order valence-corrected chi connectivity index (χ0v) is 18.9. The van der Waals surface area contributed by atoms with E-state index in [4.69, 9.17) is 0 Å². The van der Waals surface area contributed by atoms with E-state index >= 15 is 0 Å². The number of thiazole rings is 1. The van der Waals surface area contributed by atoms with E-state index in [1.807, 2.05) is 42.6 Å². The van der Waals surface area contributed by atoms with Crippen molar-refractivity contribution >= 4 is 50.6 Å². The topological polar surface area (TPSA) is 79.8 Å². The molecule has 0 aliphatic carbocycles. The standard InChI is InChI=1S/C21H18FN5OS3/c1-13(18(28)25-20-24-17(12-29-20)15-5-3-2-4-6-15)30-21-27-26-19(31-21)23-11-14-7-9-16(22)10-8-14/h2-10,12-13H,11H2,1H3,(H,23,26)(H,24,25,28). The number of rotatable bonds is 8. The van der Waals surface area contributed by atoms with Crippen molar-refractivity contribution in [3.8, 4) is 11.3 Å². The van der Waals surface area contributed by atoms with Gasteiger partial charge in [-0.25, -0.2) is 9.37 Å². The van der Waals surface area contributed by atoms with E-state index < -0.39 is 0 Å². The summed E-state index contributed by atoms with van der Waals surface area (Å²) >= 11 is 4.10. The zero-order valence-electron chi connectivity index (χ0n) is 16.4. The smallest absolute Gasteiger partial charge is 0.239 e. The molecular formula is C21H18FN5OS3. The molecule has 0 bridgehead atoms. The van der Waals surface area contributed by atoms with Crippen molar-refractivity contribution in [1.82, 2.24) is 15.2 Å². The Bertz CT molecular complexity index is 1150. The fourth-order valence-corrected chi connectivity index (χ4v) is 5.21. The van der Waals surface area contributed by atoms with Crippen LogP contribution < -0.4 is 10.6 Å². The number of anilines is 2. The summed E-state index contributed by atoms with van der Waals surface area (Å²) in [7, 11) is 0. The molecule has 2 heterocycles. The molecule has 2 aromatic heterocycles. The van der Waals surface area contributed by atoms with Gasteiger partial charge in [-0.15, -0.1) is 21.5 Å². The minimum absolute atomic E-state index is 0.144. The normalized spacial score (nSPS) is 11.8. The van der Waals surface area contributed by atoms with E-state index in [1.165, 1.54) is 46.6 Å². The summed E-state index contributed by atoms with van der Waals surface area (Å²) in [6, 6.07) is 16.1. The lowest BCUT2D eigenvalue weighted by atomic mass is 10.2. The van der Waals surface area contributed by atoms with Gasteiger partial charge in [-0.1, -0.05) is 65.6 Å². The first-order valence-corrected chi connectivity index (χ1v) is 11.9. The van der Waals surface area contributed by atoms with E-state index in [2.05, 4.69) is 25.8 Å². The van der Waals surface area contributed by atoms with Gasteiger partial charge >= 0.3 is 0 Å². The molecule has 158 valence electrons. The van der Waals surface area contributed by atoms with Crippen LogP contribution in [0.3, 0.4) is 0 Å². The summed E-state index contributed by atoms with van der Waals surface area (Å²) in [6.45, 7) is 2.34. The number of halogens is 1. The van der Waals surface area contributed by atoms with E-state index in [-0.39, 0.29) is 17.0 Å². The van der Waals surface area contributed by atoms with Crippen LogP contribution in [0.1, 0.15) is 12.5 Å². The van der Waals surface area contributed by atoms with E-state index in [9.17, 15) is 9.18 Å². The Morgan fingerprint density at radius 1 is 1.10 bits per heavy atom. The molecule has 4 aromatic rings. The van der Waals surface area contributed by atoms with Gasteiger partial charge in [0.25, 0.3) is 0 Å². The second kappa shape index (κ2) is 9.99. The van der Waals surface area contributed by atoms with Crippen molar-refractivity contribution < 1.29 is 9.18 Å². The van der Waals surface area contributed by atoms with Gasteiger partial charge in [-0.05, 0) is 24.6 Å². The fraction of sp³-hybridized carbons (Fsp3) is 0.143. The Morgan fingerprint density at radius 3 is 2.65 bits per heavy atom. The average Bonchev–Trinajstić information content (AvgIpc) is 3.43. The molecule has 10 heteroatoms. The molecule has 0 spiro atoms. The maximum absolute atomic E-state index is 13.0. The number of nitrogens with one attached hydrogen (secondary N) is 2. The van der Waals surface area contributed by atoms with Crippen LogP contribution in [0.4, 0.5) is 14.7 Å². The Balaban J connectivity index is 1.29. The maximum atomic E-state index is 13.0. The average molecular weight is 472 g/mol. The van der Waals surface area contributed by atoms with Crippen LogP contribution in [-0.4, -0.2) is 26.3 Å². The summed E-state index contributed by atoms with van der Waals surface area (Å²) < 4.78 is 13.7. The molecule has 0 saturated heterocycles. The number of aromatic nitrogens is 3. The molecule has 1 atom stereocenters. The predicted octanol–water partition coefficient (Wildman–Crippen LogP) is 5.53. The van der Waals surface area contributed by atoms with Gasteiger partial charge in [0.15, 0.2) is 9.47 Å². The number of hydrogen-bond acceptors (Lipinski definition) is 8. The number of carbonyl (C=O) groups is 1. The number of nitrogens with zero attached hydrogens (tertiary/aromatic N) is 3. The van der Waals surface area contributed by atoms with Gasteiger partial charge < -0.3 is 10.6 Å². The number of thioether (sulfide) groups is 1. The highest BCUT2D eigenvalue weighted by Gasteiger charge is 2.18. The third kappa shape index (κ3) is 5.87. The van der Waals surface area contributed by atoms with Crippen LogP contribution >= 0.6 is 34.4 Å². The Hall–Kier alpha value is -2.82. The van der Waals surface area contributed by atoms with E-state index in [0.717, 1.165) is 16.8 Å². The monoisotopic (exact) mass is 471 g/mol. The Kier molecular flexibility index (Phi) is 6.90. The minimum atomic E-state index is -0.359. The van der Waals surface area contributed by atoms with Crippen molar-refractivity contribution in [1.29, 1.82) is 0 Å². The van der Waals surface area contributed by atoms with Gasteiger partial charge in [0.1, 0.15) is 5.82 Å². The van der Waals surface area contributed by atoms with Crippen molar-refractivity contribution in [2.24, 2.45) is 0 Å². The summed E-state index contributed by atoms with van der Waals surface area (Å²) in [6.07, 6.45) is 0. The second-order valence-corrected chi connectivity index (χ2v) is 9.93. The molecular weight excluding hydrogens is 453 g/mol. The van der Waals surface area contributed by atoms with Crippen molar-refractivity contribution in [2.75, 3.05) is 10.6 Å². The van der Waals surface area contributed by atoms with Crippen LogP contribution in [0.2, 0.25) is 0 Å². The molecule has 31 heavy (non-hydrogen) atoms. The SMILES string of the molecule is CC(Sc1nnc(NCc2ccc(F)cc2)s1)C(=O)Nc1nc(-c2ccccc2)cs1. The highest BCUT2D eigenvalue weighted by atomic mass is 32.2. The van der Waals surface area contributed by atoms with Gasteiger partial charge in [0, 0.05) is 17.5 Å². The van der Waals surface area contributed by atoms with Gasteiger partial charge in [0.05, 0.1) is 10.9 Å².